The molecule has 4 fully saturated rings. The molecule has 1 aromatic carbocycles. The van der Waals surface area contributed by atoms with E-state index in [2.05, 4.69) is 36.1 Å². The summed E-state index contributed by atoms with van der Waals surface area (Å²) >= 11 is 0. The van der Waals surface area contributed by atoms with Crippen LogP contribution in [-0.2, 0) is 11.4 Å². The molecule has 3 N–H and O–H groups in total. The molecule has 0 spiro atoms. The van der Waals surface area contributed by atoms with Crippen molar-refractivity contribution in [3.8, 4) is 5.75 Å². The van der Waals surface area contributed by atoms with Gasteiger partial charge in [0, 0.05) is 22.4 Å². The van der Waals surface area contributed by atoms with Crippen LogP contribution in [0, 0.1) is 34.9 Å². The van der Waals surface area contributed by atoms with Crippen LogP contribution in [0.2, 0.25) is 0 Å². The minimum absolute atomic E-state index is 0.00537. The smallest absolute Gasteiger partial charge is 0.144 e. The first-order valence-electron chi connectivity index (χ1n) is 12.9. The predicted molar refractivity (Wildman–Crippen MR) is 137 cm³/mol. The molecule has 1 heterocycles. The highest BCUT2D eigenvalue weighted by atomic mass is 19.1. The van der Waals surface area contributed by atoms with Crippen molar-refractivity contribution in [2.75, 3.05) is 13.7 Å². The molecule has 5 rings (SSSR count). The lowest BCUT2D eigenvalue weighted by Crippen LogP contribution is -2.63. The molecule has 0 radical (unpaired) electrons. The van der Waals surface area contributed by atoms with Crippen LogP contribution in [0.25, 0.3) is 10.4 Å². The summed E-state index contributed by atoms with van der Waals surface area (Å²) in [5.74, 6) is 0.978. The largest absolute Gasteiger partial charge is 0.497 e. The Bertz CT molecular complexity index is 1010. The number of hydroxylamine groups is 2. The monoisotopic (exact) mass is 503 g/mol. The van der Waals surface area contributed by atoms with Crippen LogP contribution in [-0.4, -0.2) is 67.3 Å². The summed E-state index contributed by atoms with van der Waals surface area (Å²) in [6.45, 7) is 8.50. The lowest BCUT2D eigenvalue weighted by molar-refractivity contribution is -0.188. The Morgan fingerprint density at radius 2 is 2.11 bits per heavy atom. The fraction of sp³-hybridized carbons (Fsp3) is 0.760. The minimum atomic E-state index is -1.05. The van der Waals surface area contributed by atoms with Crippen molar-refractivity contribution in [1.82, 2.24) is 10.4 Å². The number of fused-ring (bicyclic) bond motifs is 2. The number of halogens is 1. The first-order valence-corrected chi connectivity index (χ1v) is 12.9. The lowest BCUT2D eigenvalue weighted by Gasteiger charge is -2.62. The van der Waals surface area contributed by atoms with E-state index >= 15 is 0 Å². The fourth-order valence-corrected chi connectivity index (χ4v) is 7.10. The molecule has 2 bridgehead atoms. The Labute approximate surface area is 213 Å². The number of ether oxygens (including phenoxy) is 1. The van der Waals surface area contributed by atoms with Gasteiger partial charge in [-0.3, -0.25) is 10.2 Å². The van der Waals surface area contributed by atoms with Gasteiger partial charge in [-0.15, -0.1) is 0 Å². The van der Waals surface area contributed by atoms with Crippen LogP contribution < -0.4 is 15.5 Å². The Hall–Kier alpha value is -1.88. The van der Waals surface area contributed by atoms with Gasteiger partial charge in [0.05, 0.1) is 38.4 Å². The van der Waals surface area contributed by atoms with E-state index in [1.807, 2.05) is 7.85 Å². The number of rotatable bonds is 9. The second-order valence-electron chi connectivity index (χ2n) is 11.5. The number of benzene rings is 1. The molecule has 0 amide bonds. The zero-order valence-corrected chi connectivity index (χ0v) is 22.1. The number of nitrogens with one attached hydrogen (secondary N) is 1. The SMILES string of the molecule is Bc1ccc(F)c(CN2O[C@@H](CN=[N+]=[N-])[C@@H]([C@H](C)O)[C@H]2C(O)N[C@H]2C[C@H]3C[C@@H]([C@@H]2C)C3(C)C)c1OC. The maximum absolute atomic E-state index is 14.9. The molecule has 198 valence electrons. The zero-order chi connectivity index (χ0) is 26.4. The van der Waals surface area contributed by atoms with Crippen molar-refractivity contribution in [1.29, 1.82) is 0 Å². The van der Waals surface area contributed by atoms with E-state index < -0.39 is 36.2 Å². The molecule has 0 aromatic heterocycles. The summed E-state index contributed by atoms with van der Waals surface area (Å²) in [6.07, 6.45) is -0.393. The van der Waals surface area contributed by atoms with Crippen LogP contribution in [0.5, 0.6) is 5.75 Å². The van der Waals surface area contributed by atoms with E-state index in [-0.39, 0.29) is 19.1 Å². The van der Waals surface area contributed by atoms with Crippen LogP contribution in [0.15, 0.2) is 17.2 Å². The summed E-state index contributed by atoms with van der Waals surface area (Å²) in [4.78, 5) is 8.98. The first-order chi connectivity index (χ1) is 17.0. The average molecular weight is 503 g/mol. The molecular formula is C25H39BFN5O4. The molecule has 1 aromatic rings. The zero-order valence-electron chi connectivity index (χ0n) is 22.1. The predicted octanol–water partition coefficient (Wildman–Crippen LogP) is 1.86. The van der Waals surface area contributed by atoms with E-state index in [0.29, 0.717) is 34.5 Å². The second-order valence-corrected chi connectivity index (χ2v) is 11.5. The van der Waals surface area contributed by atoms with Crippen molar-refractivity contribution >= 4 is 13.3 Å². The molecule has 9 atom stereocenters. The Kier molecular flexibility index (Phi) is 7.91. The van der Waals surface area contributed by atoms with Crippen molar-refractivity contribution in [2.24, 2.45) is 34.2 Å². The number of hydrogen-bond donors (Lipinski definition) is 3. The third-order valence-electron chi connectivity index (χ3n) is 9.29. The normalized spacial score (nSPS) is 34.9. The molecule has 36 heavy (non-hydrogen) atoms. The topological polar surface area (TPSA) is 123 Å². The summed E-state index contributed by atoms with van der Waals surface area (Å²) in [7, 11) is 3.32. The summed E-state index contributed by atoms with van der Waals surface area (Å²) in [5, 5.41) is 30.9. The van der Waals surface area contributed by atoms with E-state index in [4.69, 9.17) is 15.1 Å². The van der Waals surface area contributed by atoms with Gasteiger partial charge in [0.2, 0.25) is 0 Å². The number of aliphatic hydroxyl groups excluding tert-OH is 2. The number of aliphatic hydroxyl groups is 2. The molecule has 1 aliphatic heterocycles. The van der Waals surface area contributed by atoms with Gasteiger partial charge in [-0.1, -0.05) is 32.0 Å². The van der Waals surface area contributed by atoms with Gasteiger partial charge >= 0.3 is 0 Å². The van der Waals surface area contributed by atoms with Gasteiger partial charge in [0.1, 0.15) is 25.6 Å². The highest BCUT2D eigenvalue weighted by Gasteiger charge is 2.57. The van der Waals surface area contributed by atoms with E-state index in [9.17, 15) is 14.6 Å². The minimum Gasteiger partial charge on any atom is -0.497 e. The molecule has 11 heteroatoms. The van der Waals surface area contributed by atoms with Crippen LogP contribution in [0.1, 0.15) is 46.1 Å². The number of azide groups is 1. The van der Waals surface area contributed by atoms with E-state index in [0.717, 1.165) is 11.9 Å². The lowest BCUT2D eigenvalue weighted by atomic mass is 9.44. The number of nitrogens with zero attached hydrogens (tertiary/aromatic N) is 4. The maximum Gasteiger partial charge on any atom is 0.144 e. The van der Waals surface area contributed by atoms with Crippen LogP contribution >= 0.6 is 0 Å². The average Bonchev–Trinajstić information content (AvgIpc) is 3.19. The van der Waals surface area contributed by atoms with Gasteiger partial charge in [0.15, 0.2) is 0 Å². The standard InChI is InChI=1S/C25H39BFN5O4/c1-12-16-8-14(25(16,3)4)9-19(12)30-24(34)22-21(13(2)33)20(10-29-31-28)36-32(22)11-15-18(27)7-6-17(26)23(15)35-5/h6-7,12-14,16,19-22,24,30,33-34H,8-11,26H2,1-5H3/t12-,13-,14+,16-,19-,20-,21+,22-,24?/m0/s1. The van der Waals surface area contributed by atoms with Gasteiger partial charge in [-0.05, 0) is 60.0 Å². The van der Waals surface area contributed by atoms with Crippen molar-refractivity contribution in [3.63, 3.8) is 0 Å². The molecular weight excluding hydrogens is 464 g/mol. The Balaban J connectivity index is 1.62. The van der Waals surface area contributed by atoms with Gasteiger partial charge in [-0.2, -0.15) is 5.06 Å². The van der Waals surface area contributed by atoms with Crippen LogP contribution in [0.4, 0.5) is 4.39 Å². The van der Waals surface area contributed by atoms with Crippen molar-refractivity contribution < 1.29 is 24.2 Å². The van der Waals surface area contributed by atoms with Crippen molar-refractivity contribution in [2.45, 2.75) is 77.6 Å². The maximum atomic E-state index is 14.9. The number of methoxy groups -OCH3 is 1. The molecule has 1 saturated heterocycles. The second kappa shape index (κ2) is 10.5. The highest BCUT2D eigenvalue weighted by molar-refractivity contribution is 6.34. The van der Waals surface area contributed by atoms with Gasteiger partial charge < -0.3 is 14.9 Å². The third-order valence-corrected chi connectivity index (χ3v) is 9.29. The third kappa shape index (κ3) is 4.73. The number of hydrogen-bond acceptors (Lipinski definition) is 7. The summed E-state index contributed by atoms with van der Waals surface area (Å²) in [5.41, 5.74) is 10.3. The van der Waals surface area contributed by atoms with Gasteiger partial charge in [0.25, 0.3) is 0 Å². The fourth-order valence-electron chi connectivity index (χ4n) is 7.10. The molecule has 1 unspecified atom stereocenters. The van der Waals surface area contributed by atoms with E-state index in [1.54, 1.807) is 13.0 Å². The summed E-state index contributed by atoms with van der Waals surface area (Å²) in [6, 6.07) is 2.45. The summed E-state index contributed by atoms with van der Waals surface area (Å²) < 4.78 is 20.4. The van der Waals surface area contributed by atoms with Crippen molar-refractivity contribution in [3.05, 3.63) is 34.0 Å². The van der Waals surface area contributed by atoms with Gasteiger partial charge in [-0.25, -0.2) is 4.39 Å². The Morgan fingerprint density at radius 1 is 1.39 bits per heavy atom. The molecule has 3 saturated carbocycles. The highest BCUT2D eigenvalue weighted by Crippen LogP contribution is 2.61. The van der Waals surface area contributed by atoms with E-state index in [1.165, 1.54) is 24.7 Å². The Morgan fingerprint density at radius 3 is 2.69 bits per heavy atom. The first kappa shape index (κ1) is 27.2. The van der Waals surface area contributed by atoms with Crippen LogP contribution in [0.3, 0.4) is 0 Å². The quantitative estimate of drug-likeness (QED) is 0.156. The molecule has 9 nitrogen and oxygen atoms in total. The molecule has 4 aliphatic rings. The molecule has 3 aliphatic carbocycles.